The maximum atomic E-state index is 12.2. The van der Waals surface area contributed by atoms with Crippen molar-refractivity contribution < 1.29 is 9.78 Å². The lowest BCUT2D eigenvalue weighted by molar-refractivity contribution is -0.410. The van der Waals surface area contributed by atoms with Gasteiger partial charge in [0, 0.05) is 5.02 Å². The molecule has 0 saturated carbocycles. The number of nitrogens with zero attached hydrogens (tertiary/aromatic N) is 2. The number of hydrogen-bond acceptors (Lipinski definition) is 5. The third-order valence-electron chi connectivity index (χ3n) is 3.41. The third-order valence-corrected chi connectivity index (χ3v) is 4.77. The molecule has 0 unspecified atom stereocenters. The summed E-state index contributed by atoms with van der Waals surface area (Å²) in [5, 5.41) is 22.0. The number of amides is 1. The normalized spacial score (nSPS) is 11.2. The van der Waals surface area contributed by atoms with Gasteiger partial charge in [-0.25, -0.2) is 4.98 Å². The number of anilines is 1. The number of nitrogens with one attached hydrogen (secondary N) is 2. The highest BCUT2D eigenvalue weighted by Crippen LogP contribution is 2.23. The van der Waals surface area contributed by atoms with Crippen LogP contribution < -0.4 is 16.0 Å². The number of thioether (sulfide) groups is 1. The Hall–Kier alpha value is -2.74. The van der Waals surface area contributed by atoms with E-state index in [9.17, 15) is 10.1 Å². The number of carbonyl (C=O) groups is 1. The van der Waals surface area contributed by atoms with Gasteiger partial charge in [0.05, 0.1) is 11.8 Å². The Morgan fingerprint density at radius 3 is 2.68 bits per heavy atom. The summed E-state index contributed by atoms with van der Waals surface area (Å²) in [4.78, 5) is 15.0. The van der Waals surface area contributed by atoms with Crippen LogP contribution in [0, 0.1) is 22.7 Å². The van der Waals surface area contributed by atoms with Gasteiger partial charge in [-0.3, -0.25) is 10.5 Å². The van der Waals surface area contributed by atoms with Crippen LogP contribution in [0.1, 0.15) is 29.7 Å². The zero-order valence-electron chi connectivity index (χ0n) is 13.3. The standard InChI is InChI=1S/C17H14ClN5OS/c1-10(13-4-2-3-5-14(13)18)22-15(24)9-25-17-12(8-20)6-11(7-19)16(21)23-17/h2-6,10H,9H2,1H3,(H2,21,23)(H,22,24)/p+1/t10-/m1/s1. The number of rotatable bonds is 5. The molecule has 0 spiro atoms. The van der Waals surface area contributed by atoms with E-state index in [0.29, 0.717) is 10.0 Å². The van der Waals surface area contributed by atoms with E-state index in [1.54, 1.807) is 6.07 Å². The minimum atomic E-state index is -0.243. The van der Waals surface area contributed by atoms with Crippen LogP contribution in [-0.4, -0.2) is 11.7 Å². The Balaban J connectivity index is 2.03. The fourth-order valence-corrected chi connectivity index (χ4v) is 3.26. The van der Waals surface area contributed by atoms with Gasteiger partial charge in [0.15, 0.2) is 5.03 Å². The molecule has 4 N–H and O–H groups in total. The molecule has 25 heavy (non-hydrogen) atoms. The SMILES string of the molecule is C[C@@H](NC(=O)CSc1[nH+]c(N)c(C#N)cc1C#N)c1ccccc1Cl. The minimum absolute atomic E-state index is 0.0886. The van der Waals surface area contributed by atoms with Gasteiger partial charge in [-0.15, -0.1) is 0 Å². The van der Waals surface area contributed by atoms with Crippen molar-refractivity contribution in [1.29, 1.82) is 10.5 Å². The van der Waals surface area contributed by atoms with Crippen LogP contribution in [0.4, 0.5) is 5.82 Å². The van der Waals surface area contributed by atoms with Crippen LogP contribution in [0.3, 0.4) is 0 Å². The molecule has 1 amide bonds. The van der Waals surface area contributed by atoms with Crippen LogP contribution in [0.5, 0.6) is 0 Å². The van der Waals surface area contributed by atoms with Crippen molar-refractivity contribution in [2.75, 3.05) is 11.5 Å². The van der Waals surface area contributed by atoms with E-state index in [-0.39, 0.29) is 34.6 Å². The molecule has 1 heterocycles. The monoisotopic (exact) mass is 372 g/mol. The van der Waals surface area contributed by atoms with E-state index in [4.69, 9.17) is 22.6 Å². The van der Waals surface area contributed by atoms with E-state index in [2.05, 4.69) is 10.3 Å². The lowest BCUT2D eigenvalue weighted by Gasteiger charge is -2.15. The molecule has 8 heteroatoms. The Labute approximate surface area is 154 Å². The molecule has 2 aromatic rings. The lowest BCUT2D eigenvalue weighted by Crippen LogP contribution is -2.29. The van der Waals surface area contributed by atoms with Crippen molar-refractivity contribution in [3.63, 3.8) is 0 Å². The number of nitriles is 2. The van der Waals surface area contributed by atoms with Gasteiger partial charge in [0.25, 0.3) is 5.82 Å². The van der Waals surface area contributed by atoms with Crippen molar-refractivity contribution in [3.8, 4) is 12.1 Å². The lowest BCUT2D eigenvalue weighted by atomic mass is 10.1. The van der Waals surface area contributed by atoms with Gasteiger partial charge < -0.3 is 5.32 Å². The molecule has 1 atom stereocenters. The molecular formula is C17H15ClN5OS+. The first-order valence-electron chi connectivity index (χ1n) is 7.28. The number of benzene rings is 1. The van der Waals surface area contributed by atoms with E-state index in [1.807, 2.05) is 37.3 Å². The molecule has 0 radical (unpaired) electrons. The quantitative estimate of drug-likeness (QED) is 0.781. The number of aromatic amines is 1. The molecule has 1 aromatic carbocycles. The van der Waals surface area contributed by atoms with Gasteiger partial charge in [0.1, 0.15) is 23.3 Å². The highest BCUT2D eigenvalue weighted by Gasteiger charge is 2.17. The van der Waals surface area contributed by atoms with Gasteiger partial charge in [-0.05, 0) is 24.6 Å². The summed E-state index contributed by atoms with van der Waals surface area (Å²) in [6.45, 7) is 1.84. The highest BCUT2D eigenvalue weighted by molar-refractivity contribution is 7.99. The summed E-state index contributed by atoms with van der Waals surface area (Å²) in [7, 11) is 0. The van der Waals surface area contributed by atoms with Gasteiger partial charge >= 0.3 is 0 Å². The van der Waals surface area contributed by atoms with Crippen LogP contribution in [-0.2, 0) is 4.79 Å². The first-order chi connectivity index (χ1) is 12.0. The zero-order chi connectivity index (χ0) is 18.4. The summed E-state index contributed by atoms with van der Waals surface area (Å²) in [6.07, 6.45) is 0. The predicted molar refractivity (Wildman–Crippen MR) is 95.6 cm³/mol. The number of aromatic nitrogens is 1. The first-order valence-corrected chi connectivity index (χ1v) is 8.65. The Bertz CT molecular complexity index is 888. The predicted octanol–water partition coefficient (Wildman–Crippen LogP) is 2.45. The maximum absolute atomic E-state index is 12.2. The zero-order valence-corrected chi connectivity index (χ0v) is 14.9. The molecule has 0 aliphatic carbocycles. The average Bonchev–Trinajstić information content (AvgIpc) is 2.60. The van der Waals surface area contributed by atoms with Crippen molar-refractivity contribution in [3.05, 3.63) is 52.0 Å². The molecule has 0 aliphatic heterocycles. The summed E-state index contributed by atoms with van der Waals surface area (Å²) >= 11 is 7.27. The molecule has 0 bridgehead atoms. The van der Waals surface area contributed by atoms with Crippen LogP contribution in [0.2, 0.25) is 5.02 Å². The Morgan fingerprint density at radius 1 is 1.36 bits per heavy atom. The van der Waals surface area contributed by atoms with Crippen molar-refractivity contribution >= 4 is 35.1 Å². The second-order valence-corrected chi connectivity index (χ2v) is 6.56. The smallest absolute Gasteiger partial charge is 0.289 e. The maximum Gasteiger partial charge on any atom is 0.289 e. The van der Waals surface area contributed by atoms with Gasteiger partial charge in [-0.1, -0.05) is 41.6 Å². The fraction of sp³-hybridized carbons (Fsp3) is 0.176. The van der Waals surface area contributed by atoms with Crippen LogP contribution in [0.25, 0.3) is 0 Å². The van der Waals surface area contributed by atoms with E-state index in [0.717, 1.165) is 17.3 Å². The second-order valence-electron chi connectivity index (χ2n) is 5.16. The second kappa shape index (κ2) is 8.39. The van der Waals surface area contributed by atoms with Crippen LogP contribution >= 0.6 is 23.4 Å². The topological polar surface area (TPSA) is 117 Å². The average molecular weight is 373 g/mol. The molecule has 0 saturated heterocycles. The summed E-state index contributed by atoms with van der Waals surface area (Å²) in [5.41, 5.74) is 7.01. The Morgan fingerprint density at radius 2 is 2.04 bits per heavy atom. The number of halogens is 1. The van der Waals surface area contributed by atoms with Gasteiger partial charge in [0.2, 0.25) is 5.91 Å². The molecule has 0 fully saturated rings. The van der Waals surface area contributed by atoms with Crippen molar-refractivity contribution in [2.24, 2.45) is 0 Å². The number of hydrogen-bond donors (Lipinski definition) is 2. The number of H-pyrrole nitrogens is 1. The van der Waals surface area contributed by atoms with Gasteiger partial charge in [-0.2, -0.15) is 10.5 Å². The van der Waals surface area contributed by atoms with Crippen LogP contribution in [0.15, 0.2) is 35.4 Å². The molecule has 1 aromatic heterocycles. The Kier molecular flexibility index (Phi) is 6.24. The first kappa shape index (κ1) is 18.6. The molecule has 6 nitrogen and oxygen atoms in total. The van der Waals surface area contributed by atoms with E-state index >= 15 is 0 Å². The largest absolute Gasteiger partial charge is 0.349 e. The molecule has 0 aliphatic rings. The number of nitrogens with two attached hydrogens (primary N) is 1. The number of pyridine rings is 1. The molecule has 126 valence electrons. The number of nitrogen functional groups attached to an aromatic ring is 1. The summed E-state index contributed by atoms with van der Waals surface area (Å²) < 4.78 is 0. The van der Waals surface area contributed by atoms with E-state index in [1.165, 1.54) is 6.07 Å². The molecular weight excluding hydrogens is 358 g/mol. The summed E-state index contributed by atoms with van der Waals surface area (Å²) in [6, 6.07) is 12.3. The molecule has 2 rings (SSSR count). The highest BCUT2D eigenvalue weighted by atomic mass is 35.5. The fourth-order valence-electron chi connectivity index (χ4n) is 2.16. The minimum Gasteiger partial charge on any atom is -0.349 e. The number of carbonyl (C=O) groups excluding carboxylic acids is 1. The van der Waals surface area contributed by atoms with Crippen molar-refractivity contribution in [2.45, 2.75) is 18.0 Å². The van der Waals surface area contributed by atoms with E-state index < -0.39 is 0 Å². The third kappa shape index (κ3) is 4.63. The van der Waals surface area contributed by atoms with Crippen molar-refractivity contribution in [1.82, 2.24) is 5.32 Å². The summed E-state index contributed by atoms with van der Waals surface area (Å²) in [5.74, 6) is 0.0391.